The molecule has 0 atom stereocenters. The lowest BCUT2D eigenvalue weighted by atomic mass is 10.0. The second kappa shape index (κ2) is 6.95. The Labute approximate surface area is 174 Å². The van der Waals surface area contributed by atoms with Gasteiger partial charge in [0.2, 0.25) is 0 Å². The average Bonchev–Trinajstić information content (AvgIpc) is 3.24. The molecule has 1 aromatic carbocycles. The van der Waals surface area contributed by atoms with Gasteiger partial charge in [-0.1, -0.05) is 35.9 Å². The fourth-order valence-corrected chi connectivity index (χ4v) is 4.08. The van der Waals surface area contributed by atoms with Gasteiger partial charge in [0.15, 0.2) is 5.78 Å². The number of pyridine rings is 2. The number of imidazole rings is 2. The Morgan fingerprint density at radius 2 is 1.70 bits per heavy atom. The molecule has 0 amide bonds. The number of ketones is 1. The van der Waals surface area contributed by atoms with Crippen LogP contribution in [0.2, 0.25) is 0 Å². The van der Waals surface area contributed by atoms with Crippen molar-refractivity contribution < 1.29 is 4.79 Å². The summed E-state index contributed by atoms with van der Waals surface area (Å²) in [5, 5.41) is 0. The largest absolute Gasteiger partial charge is 0.303 e. The lowest BCUT2D eigenvalue weighted by molar-refractivity contribution is 0.0985. The molecule has 0 radical (unpaired) electrons. The number of fused-ring (bicyclic) bond motifs is 2. The number of hydrogen-bond acceptors (Lipinski definition) is 3. The van der Waals surface area contributed by atoms with Crippen molar-refractivity contribution in [2.24, 2.45) is 0 Å². The SMILES string of the molecule is Cc1cccc(-c2nc3ccc(C)cn3c2CC(=O)c2c(C)nc3ccccn23)c1. The molecule has 0 spiro atoms. The van der Waals surface area contributed by atoms with Crippen LogP contribution in [0.25, 0.3) is 22.6 Å². The Hall–Kier alpha value is -3.73. The smallest absolute Gasteiger partial charge is 0.187 e. The van der Waals surface area contributed by atoms with Gasteiger partial charge >= 0.3 is 0 Å². The predicted molar refractivity (Wildman–Crippen MR) is 118 cm³/mol. The van der Waals surface area contributed by atoms with Gasteiger partial charge in [-0.3, -0.25) is 9.20 Å². The van der Waals surface area contributed by atoms with Crippen molar-refractivity contribution in [1.82, 2.24) is 18.8 Å². The number of benzene rings is 1. The van der Waals surface area contributed by atoms with Gasteiger partial charge in [-0.2, -0.15) is 0 Å². The molecule has 30 heavy (non-hydrogen) atoms. The maximum Gasteiger partial charge on any atom is 0.187 e. The van der Waals surface area contributed by atoms with E-state index in [0.29, 0.717) is 5.69 Å². The molecule has 5 heteroatoms. The molecular weight excluding hydrogens is 372 g/mol. The zero-order valence-corrected chi connectivity index (χ0v) is 17.3. The first-order chi connectivity index (χ1) is 14.5. The first-order valence-electron chi connectivity index (χ1n) is 10.0. The first kappa shape index (κ1) is 18.3. The van der Waals surface area contributed by atoms with Crippen LogP contribution in [0.3, 0.4) is 0 Å². The Bertz CT molecular complexity index is 1420. The minimum atomic E-state index is 0.0309. The minimum Gasteiger partial charge on any atom is -0.303 e. The molecule has 0 saturated carbocycles. The topological polar surface area (TPSA) is 51.7 Å². The van der Waals surface area contributed by atoms with Gasteiger partial charge in [0, 0.05) is 18.0 Å². The monoisotopic (exact) mass is 394 g/mol. The van der Waals surface area contributed by atoms with Crippen LogP contribution in [0, 0.1) is 20.8 Å². The number of aryl methyl sites for hydroxylation is 3. The van der Waals surface area contributed by atoms with E-state index in [1.165, 1.54) is 0 Å². The Morgan fingerprint density at radius 3 is 2.53 bits per heavy atom. The lowest BCUT2D eigenvalue weighted by Gasteiger charge is -2.07. The Kier molecular flexibility index (Phi) is 4.24. The molecule has 0 N–H and O–H groups in total. The number of Topliss-reactive ketones (excluding diaryl/α,β-unsaturated/α-hetero) is 1. The summed E-state index contributed by atoms with van der Waals surface area (Å²) in [5.74, 6) is 0.0309. The quantitative estimate of drug-likeness (QED) is 0.403. The van der Waals surface area contributed by atoms with Crippen molar-refractivity contribution in [3.05, 3.63) is 95.2 Å². The fraction of sp³-hybridized carbons (Fsp3) is 0.160. The molecule has 0 saturated heterocycles. The molecule has 148 valence electrons. The number of carbonyl (C=O) groups excluding carboxylic acids is 1. The van der Waals surface area contributed by atoms with E-state index in [1.807, 2.05) is 71.4 Å². The fourth-order valence-electron chi connectivity index (χ4n) is 4.08. The molecule has 4 aromatic heterocycles. The molecule has 4 heterocycles. The number of hydrogen-bond donors (Lipinski definition) is 0. The zero-order valence-electron chi connectivity index (χ0n) is 17.3. The van der Waals surface area contributed by atoms with Crippen LogP contribution in [0.5, 0.6) is 0 Å². The van der Waals surface area contributed by atoms with Gasteiger partial charge in [-0.15, -0.1) is 0 Å². The summed E-state index contributed by atoms with van der Waals surface area (Å²) in [4.78, 5) is 22.9. The molecule has 0 fully saturated rings. The molecule has 5 rings (SSSR count). The molecule has 5 nitrogen and oxygen atoms in total. The van der Waals surface area contributed by atoms with E-state index in [-0.39, 0.29) is 12.2 Å². The van der Waals surface area contributed by atoms with Crippen LogP contribution in [0.1, 0.15) is 33.0 Å². The average molecular weight is 394 g/mol. The molecule has 0 aliphatic rings. The summed E-state index contributed by atoms with van der Waals surface area (Å²) in [6.45, 7) is 6.00. The van der Waals surface area contributed by atoms with Crippen molar-refractivity contribution in [2.45, 2.75) is 27.2 Å². The summed E-state index contributed by atoms with van der Waals surface area (Å²) < 4.78 is 3.92. The van der Waals surface area contributed by atoms with Crippen LogP contribution in [0.15, 0.2) is 67.0 Å². The van der Waals surface area contributed by atoms with E-state index in [2.05, 4.69) is 30.1 Å². The van der Waals surface area contributed by atoms with Gasteiger partial charge < -0.3 is 4.40 Å². The standard InChI is InChI=1S/C25H22N4O/c1-16-7-6-8-19(13-16)24-20(29-15-17(2)10-11-23(29)27-24)14-21(30)25-18(3)26-22-9-4-5-12-28(22)25/h4-13,15H,14H2,1-3H3. The third kappa shape index (κ3) is 2.99. The predicted octanol–water partition coefficient (Wildman–Crippen LogP) is 5.00. The summed E-state index contributed by atoms with van der Waals surface area (Å²) >= 11 is 0. The highest BCUT2D eigenvalue weighted by Gasteiger charge is 2.22. The van der Waals surface area contributed by atoms with Gasteiger partial charge in [0.1, 0.15) is 17.0 Å². The van der Waals surface area contributed by atoms with Crippen LogP contribution < -0.4 is 0 Å². The number of rotatable bonds is 4. The third-order valence-electron chi connectivity index (χ3n) is 5.45. The highest BCUT2D eigenvalue weighted by atomic mass is 16.1. The van der Waals surface area contributed by atoms with Crippen molar-refractivity contribution in [3.63, 3.8) is 0 Å². The van der Waals surface area contributed by atoms with Crippen molar-refractivity contribution in [1.29, 1.82) is 0 Å². The van der Waals surface area contributed by atoms with Gasteiger partial charge in [0.05, 0.1) is 23.5 Å². The van der Waals surface area contributed by atoms with Crippen molar-refractivity contribution >= 4 is 17.1 Å². The highest BCUT2D eigenvalue weighted by Crippen LogP contribution is 2.27. The molecular formula is C25H22N4O. The van der Waals surface area contributed by atoms with Crippen LogP contribution in [0.4, 0.5) is 0 Å². The molecule has 0 aliphatic carbocycles. The van der Waals surface area contributed by atoms with E-state index in [1.54, 1.807) is 0 Å². The summed E-state index contributed by atoms with van der Waals surface area (Å²) in [7, 11) is 0. The molecule has 0 bridgehead atoms. The molecule has 5 aromatic rings. The molecule has 0 aliphatic heterocycles. The van der Waals surface area contributed by atoms with E-state index >= 15 is 0 Å². The van der Waals surface area contributed by atoms with E-state index in [4.69, 9.17) is 4.98 Å². The third-order valence-corrected chi connectivity index (χ3v) is 5.45. The number of aromatic nitrogens is 4. The summed E-state index contributed by atoms with van der Waals surface area (Å²) in [6.07, 6.45) is 4.19. The van der Waals surface area contributed by atoms with Crippen LogP contribution in [-0.2, 0) is 6.42 Å². The van der Waals surface area contributed by atoms with Crippen molar-refractivity contribution in [2.75, 3.05) is 0 Å². The van der Waals surface area contributed by atoms with Crippen LogP contribution >= 0.6 is 0 Å². The van der Waals surface area contributed by atoms with Gasteiger partial charge in [0.25, 0.3) is 0 Å². The number of carbonyl (C=O) groups is 1. The minimum absolute atomic E-state index is 0.0309. The second-order valence-electron chi connectivity index (χ2n) is 7.79. The maximum atomic E-state index is 13.5. The normalized spacial score (nSPS) is 11.4. The first-order valence-corrected chi connectivity index (χ1v) is 10.0. The lowest BCUT2D eigenvalue weighted by Crippen LogP contribution is -2.11. The van der Waals surface area contributed by atoms with E-state index < -0.39 is 0 Å². The van der Waals surface area contributed by atoms with E-state index in [0.717, 1.165) is 45.1 Å². The van der Waals surface area contributed by atoms with Crippen LogP contribution in [-0.4, -0.2) is 24.6 Å². The maximum absolute atomic E-state index is 13.5. The zero-order chi connectivity index (χ0) is 20.8. The molecule has 0 unspecified atom stereocenters. The Balaban J connectivity index is 1.67. The van der Waals surface area contributed by atoms with Gasteiger partial charge in [-0.25, -0.2) is 9.97 Å². The Morgan fingerprint density at radius 1 is 0.867 bits per heavy atom. The summed E-state index contributed by atoms with van der Waals surface area (Å²) in [6, 6.07) is 18.1. The van der Waals surface area contributed by atoms with Gasteiger partial charge in [-0.05, 0) is 50.6 Å². The second-order valence-corrected chi connectivity index (χ2v) is 7.79. The highest BCUT2D eigenvalue weighted by molar-refractivity contribution is 5.98. The number of nitrogens with zero attached hydrogens (tertiary/aromatic N) is 4. The van der Waals surface area contributed by atoms with Crippen molar-refractivity contribution in [3.8, 4) is 11.3 Å². The van der Waals surface area contributed by atoms with E-state index in [9.17, 15) is 4.79 Å². The summed E-state index contributed by atoms with van der Waals surface area (Å²) in [5.41, 5.74) is 8.05.